The van der Waals surface area contributed by atoms with Crippen molar-refractivity contribution in [3.05, 3.63) is 23.8 Å². The van der Waals surface area contributed by atoms with Crippen LogP contribution >= 0.6 is 0 Å². The van der Waals surface area contributed by atoms with E-state index in [1.165, 1.54) is 0 Å². The lowest BCUT2D eigenvalue weighted by Gasteiger charge is -2.20. The van der Waals surface area contributed by atoms with Gasteiger partial charge in [-0.15, -0.1) is 0 Å². The molecule has 2 N–H and O–H groups in total. The van der Waals surface area contributed by atoms with Crippen molar-refractivity contribution in [1.29, 1.82) is 0 Å². The predicted molar refractivity (Wildman–Crippen MR) is 76.3 cm³/mol. The number of ether oxygens (including phenoxy) is 4. The lowest BCUT2D eigenvalue weighted by molar-refractivity contribution is 0.0161. The largest absolute Gasteiger partial charge is 0.486 e. The van der Waals surface area contributed by atoms with E-state index >= 15 is 0 Å². The Morgan fingerprint density at radius 3 is 2.65 bits per heavy atom. The van der Waals surface area contributed by atoms with Crippen LogP contribution in [0.5, 0.6) is 11.5 Å². The summed E-state index contributed by atoms with van der Waals surface area (Å²) in [6.07, 6.45) is 0.227. The summed E-state index contributed by atoms with van der Waals surface area (Å²) in [5, 5.41) is 0. The van der Waals surface area contributed by atoms with Gasteiger partial charge < -0.3 is 24.7 Å². The molecule has 0 saturated heterocycles. The topological polar surface area (TPSA) is 62.9 Å². The highest BCUT2D eigenvalue weighted by Crippen LogP contribution is 2.32. The molecule has 112 valence electrons. The fraction of sp³-hybridized carbons (Fsp3) is 0.600. The molecular formula is C15H23NO4. The average Bonchev–Trinajstić information content (AvgIpc) is 2.46. The summed E-state index contributed by atoms with van der Waals surface area (Å²) in [6.45, 7) is 6.77. The molecule has 1 atom stereocenters. The van der Waals surface area contributed by atoms with E-state index in [1.807, 2.05) is 32.0 Å². The van der Waals surface area contributed by atoms with E-state index in [4.69, 9.17) is 24.7 Å². The summed E-state index contributed by atoms with van der Waals surface area (Å²) in [6, 6.07) is 5.59. The third kappa shape index (κ3) is 4.37. The van der Waals surface area contributed by atoms with Crippen LogP contribution in [0, 0.1) is 0 Å². The molecule has 0 radical (unpaired) electrons. The minimum absolute atomic E-state index is 0.176. The van der Waals surface area contributed by atoms with Crippen LogP contribution in [0.3, 0.4) is 0 Å². The van der Waals surface area contributed by atoms with Crippen molar-refractivity contribution < 1.29 is 18.9 Å². The second-order valence-electron chi connectivity index (χ2n) is 5.00. The molecule has 0 bridgehead atoms. The molecule has 1 aromatic rings. The fourth-order valence-corrected chi connectivity index (χ4v) is 1.94. The van der Waals surface area contributed by atoms with Crippen molar-refractivity contribution in [3.63, 3.8) is 0 Å². The third-order valence-electron chi connectivity index (χ3n) is 2.97. The van der Waals surface area contributed by atoms with Gasteiger partial charge >= 0.3 is 0 Å². The van der Waals surface area contributed by atoms with Gasteiger partial charge in [-0.1, -0.05) is 6.07 Å². The highest BCUT2D eigenvalue weighted by molar-refractivity contribution is 5.44. The molecule has 0 aliphatic carbocycles. The SMILES string of the molecule is CC(C)OCCOCC(N)c1ccc2c(c1)OCCO2. The molecule has 0 amide bonds. The van der Waals surface area contributed by atoms with Gasteiger partial charge in [0.1, 0.15) is 13.2 Å². The summed E-state index contributed by atoms with van der Waals surface area (Å²) in [7, 11) is 0. The first kappa shape index (κ1) is 15.1. The minimum Gasteiger partial charge on any atom is -0.486 e. The highest BCUT2D eigenvalue weighted by Gasteiger charge is 2.14. The Kier molecular flexibility index (Phi) is 5.64. The van der Waals surface area contributed by atoms with E-state index in [-0.39, 0.29) is 12.1 Å². The molecule has 5 nitrogen and oxygen atoms in total. The van der Waals surface area contributed by atoms with Gasteiger partial charge in [0, 0.05) is 0 Å². The molecule has 0 saturated carbocycles. The molecule has 1 aliphatic rings. The standard InChI is InChI=1S/C15H23NO4/c1-11(2)18-6-5-17-10-13(16)12-3-4-14-15(9-12)20-8-7-19-14/h3-4,9,11,13H,5-8,10,16H2,1-2H3. The Labute approximate surface area is 120 Å². The smallest absolute Gasteiger partial charge is 0.161 e. The quantitative estimate of drug-likeness (QED) is 0.773. The first-order valence-electron chi connectivity index (χ1n) is 7.01. The van der Waals surface area contributed by atoms with Crippen molar-refractivity contribution in [2.24, 2.45) is 5.73 Å². The lowest BCUT2D eigenvalue weighted by Crippen LogP contribution is -2.20. The predicted octanol–water partition coefficient (Wildman–Crippen LogP) is 1.90. The van der Waals surface area contributed by atoms with E-state index < -0.39 is 0 Å². The molecule has 5 heteroatoms. The summed E-state index contributed by atoms with van der Waals surface area (Å²) < 4.78 is 21.9. The molecule has 0 spiro atoms. The van der Waals surface area contributed by atoms with E-state index in [0.29, 0.717) is 33.0 Å². The van der Waals surface area contributed by atoms with Crippen LogP contribution in [0.15, 0.2) is 18.2 Å². The van der Waals surface area contributed by atoms with Crippen molar-refractivity contribution in [3.8, 4) is 11.5 Å². The van der Waals surface area contributed by atoms with Crippen LogP contribution < -0.4 is 15.2 Å². The first-order chi connectivity index (χ1) is 9.66. The zero-order valence-corrected chi connectivity index (χ0v) is 12.1. The van der Waals surface area contributed by atoms with Crippen LogP contribution in [0.4, 0.5) is 0 Å². The van der Waals surface area contributed by atoms with Crippen molar-refractivity contribution in [1.82, 2.24) is 0 Å². The summed E-state index contributed by atoms with van der Waals surface area (Å²) in [5.74, 6) is 1.53. The van der Waals surface area contributed by atoms with Gasteiger partial charge in [-0.3, -0.25) is 0 Å². The maximum Gasteiger partial charge on any atom is 0.161 e. The zero-order chi connectivity index (χ0) is 14.4. The van der Waals surface area contributed by atoms with Crippen LogP contribution in [0.25, 0.3) is 0 Å². The third-order valence-corrected chi connectivity index (χ3v) is 2.97. The number of benzene rings is 1. The molecule has 0 fully saturated rings. The molecule has 1 heterocycles. The van der Waals surface area contributed by atoms with Crippen LogP contribution in [-0.4, -0.2) is 39.1 Å². The van der Waals surface area contributed by atoms with Crippen molar-refractivity contribution >= 4 is 0 Å². The molecular weight excluding hydrogens is 258 g/mol. The van der Waals surface area contributed by atoms with Crippen LogP contribution in [0.1, 0.15) is 25.5 Å². The number of rotatable bonds is 7. The second kappa shape index (κ2) is 7.47. The maximum absolute atomic E-state index is 6.11. The summed E-state index contributed by atoms with van der Waals surface area (Å²) in [5.41, 5.74) is 7.09. The first-order valence-corrected chi connectivity index (χ1v) is 7.01. The normalized spacial score (nSPS) is 15.4. The van der Waals surface area contributed by atoms with E-state index in [2.05, 4.69) is 0 Å². The zero-order valence-electron chi connectivity index (χ0n) is 12.1. The van der Waals surface area contributed by atoms with Gasteiger partial charge in [0.15, 0.2) is 11.5 Å². The molecule has 1 unspecified atom stereocenters. The molecule has 0 aromatic heterocycles. The van der Waals surface area contributed by atoms with Crippen LogP contribution in [-0.2, 0) is 9.47 Å². The Bertz CT molecular complexity index is 422. The van der Waals surface area contributed by atoms with Gasteiger partial charge in [0.05, 0.1) is 32.0 Å². The second-order valence-corrected chi connectivity index (χ2v) is 5.00. The molecule has 2 rings (SSSR count). The van der Waals surface area contributed by atoms with Gasteiger partial charge in [0.25, 0.3) is 0 Å². The Hall–Kier alpha value is -1.30. The van der Waals surface area contributed by atoms with Gasteiger partial charge in [0.2, 0.25) is 0 Å². The lowest BCUT2D eigenvalue weighted by atomic mass is 10.1. The van der Waals surface area contributed by atoms with E-state index in [1.54, 1.807) is 0 Å². The Morgan fingerprint density at radius 2 is 1.90 bits per heavy atom. The van der Waals surface area contributed by atoms with Gasteiger partial charge in [-0.05, 0) is 31.5 Å². The summed E-state index contributed by atoms with van der Waals surface area (Å²) >= 11 is 0. The maximum atomic E-state index is 6.11. The monoisotopic (exact) mass is 281 g/mol. The number of hydrogen-bond acceptors (Lipinski definition) is 5. The fourth-order valence-electron chi connectivity index (χ4n) is 1.94. The minimum atomic E-state index is -0.176. The van der Waals surface area contributed by atoms with Crippen LogP contribution in [0.2, 0.25) is 0 Å². The van der Waals surface area contributed by atoms with Crippen molar-refractivity contribution in [2.75, 3.05) is 33.0 Å². The molecule has 1 aromatic carbocycles. The average molecular weight is 281 g/mol. The summed E-state index contributed by atoms with van der Waals surface area (Å²) in [4.78, 5) is 0. The molecule has 1 aliphatic heterocycles. The number of hydrogen-bond donors (Lipinski definition) is 1. The number of nitrogens with two attached hydrogens (primary N) is 1. The van der Waals surface area contributed by atoms with E-state index in [9.17, 15) is 0 Å². The van der Waals surface area contributed by atoms with E-state index in [0.717, 1.165) is 17.1 Å². The Balaban J connectivity index is 1.79. The van der Waals surface area contributed by atoms with Gasteiger partial charge in [-0.25, -0.2) is 0 Å². The highest BCUT2D eigenvalue weighted by atomic mass is 16.6. The Morgan fingerprint density at radius 1 is 1.15 bits per heavy atom. The van der Waals surface area contributed by atoms with Crippen molar-refractivity contribution in [2.45, 2.75) is 26.0 Å². The van der Waals surface area contributed by atoms with Gasteiger partial charge in [-0.2, -0.15) is 0 Å². The molecule has 20 heavy (non-hydrogen) atoms. The number of fused-ring (bicyclic) bond motifs is 1.